The van der Waals surface area contributed by atoms with Crippen molar-refractivity contribution >= 4 is 20.3 Å². The fourth-order valence-electron chi connectivity index (χ4n) is 2.56. The second-order valence-corrected chi connectivity index (χ2v) is 12.0. The van der Waals surface area contributed by atoms with Crippen molar-refractivity contribution in [2.45, 2.75) is 50.9 Å². The fourth-order valence-corrected chi connectivity index (χ4v) is 3.32. The van der Waals surface area contributed by atoms with E-state index in [2.05, 4.69) is 0 Å². The van der Waals surface area contributed by atoms with Crippen molar-refractivity contribution in [3.63, 3.8) is 0 Å². The van der Waals surface area contributed by atoms with E-state index in [0.29, 0.717) is 18.4 Å². The molecule has 1 N–H and O–H groups in total. The Balaban J connectivity index is 2.00. The van der Waals surface area contributed by atoms with Crippen molar-refractivity contribution < 1.29 is 23.9 Å². The van der Waals surface area contributed by atoms with E-state index < -0.39 is 26.3 Å². The number of hydrogen-bond donors (Lipinski definition) is 1. The molecule has 132 valence electrons. The van der Waals surface area contributed by atoms with E-state index in [0.717, 1.165) is 0 Å². The van der Waals surface area contributed by atoms with Gasteiger partial charge in [0.25, 0.3) is 0 Å². The van der Waals surface area contributed by atoms with E-state index in [1.807, 2.05) is 33.0 Å². The zero-order chi connectivity index (χ0) is 18.0. The average molecular weight is 350 g/mol. The Morgan fingerprint density at radius 3 is 2.54 bits per heavy atom. The van der Waals surface area contributed by atoms with Crippen molar-refractivity contribution in [1.82, 2.24) is 0 Å². The lowest BCUT2D eigenvalue weighted by Crippen LogP contribution is -2.40. The number of ether oxygens (including phenoxy) is 2. The van der Waals surface area contributed by atoms with Gasteiger partial charge in [-0.15, -0.1) is 0 Å². The van der Waals surface area contributed by atoms with Crippen LogP contribution in [-0.2, 0) is 14.3 Å². The molecular formula is C18H26O5Si. The zero-order valence-corrected chi connectivity index (χ0v) is 15.7. The molecule has 0 amide bonds. The number of hydrogen-bond acceptors (Lipinski definition) is 5. The van der Waals surface area contributed by atoms with Crippen LogP contribution >= 0.6 is 0 Å². The zero-order valence-electron chi connectivity index (χ0n) is 14.7. The monoisotopic (exact) mass is 350 g/mol. The molecule has 1 aromatic rings. The Bertz CT molecular complexity index is 591. The summed E-state index contributed by atoms with van der Waals surface area (Å²) < 4.78 is 10.6. The molecule has 1 fully saturated rings. The molecule has 0 bridgehead atoms. The van der Waals surface area contributed by atoms with Crippen LogP contribution < -0.4 is 0 Å². The smallest absolute Gasteiger partial charge is 0.338 e. The summed E-state index contributed by atoms with van der Waals surface area (Å²) in [7, 11) is -2.35. The summed E-state index contributed by atoms with van der Waals surface area (Å²) in [5, 5.41) is -0.232. The Kier molecular flexibility index (Phi) is 5.50. The Morgan fingerprint density at radius 1 is 1.33 bits per heavy atom. The van der Waals surface area contributed by atoms with Crippen LogP contribution in [0.15, 0.2) is 30.3 Å². The number of cyclic esters (lactones) is 1. The van der Waals surface area contributed by atoms with Crippen LogP contribution in [0.5, 0.6) is 0 Å². The molecule has 0 spiro atoms. The molecule has 5 nitrogen and oxygen atoms in total. The van der Waals surface area contributed by atoms with Gasteiger partial charge in [-0.25, -0.2) is 4.79 Å². The molecular weight excluding hydrogens is 324 g/mol. The van der Waals surface area contributed by atoms with Crippen molar-refractivity contribution in [2.24, 2.45) is 5.92 Å². The summed E-state index contributed by atoms with van der Waals surface area (Å²) in [6, 6.07) is 8.71. The Hall–Kier alpha value is -1.66. The molecule has 0 aliphatic carbocycles. The maximum atomic E-state index is 12.2. The van der Waals surface area contributed by atoms with Gasteiger partial charge in [0.2, 0.25) is 0 Å². The SMILES string of the molecule is CC(C)(CC[C@H]1C(=O)OC[C@@H]1OC(=O)c1ccccc1)[Si](C)(C)O. The predicted molar refractivity (Wildman–Crippen MR) is 93.1 cm³/mol. The van der Waals surface area contributed by atoms with Crippen LogP contribution in [0.4, 0.5) is 0 Å². The third-order valence-electron chi connectivity index (χ3n) is 5.15. The van der Waals surface area contributed by atoms with E-state index in [1.54, 1.807) is 24.3 Å². The quantitative estimate of drug-likeness (QED) is 0.630. The maximum absolute atomic E-state index is 12.2. The van der Waals surface area contributed by atoms with Crippen molar-refractivity contribution in [3.8, 4) is 0 Å². The van der Waals surface area contributed by atoms with Gasteiger partial charge in [-0.1, -0.05) is 32.0 Å². The van der Waals surface area contributed by atoms with Gasteiger partial charge in [-0.3, -0.25) is 4.79 Å². The highest BCUT2D eigenvalue weighted by Crippen LogP contribution is 2.42. The van der Waals surface area contributed by atoms with Gasteiger partial charge < -0.3 is 14.3 Å². The summed E-state index contributed by atoms with van der Waals surface area (Å²) in [6.45, 7) is 7.93. The molecule has 1 aliphatic rings. The summed E-state index contributed by atoms with van der Waals surface area (Å²) in [5.74, 6) is -1.23. The standard InChI is InChI=1S/C18H26O5Si/c1-18(2,24(3,4)21)11-10-14-15(12-22-17(14)20)23-16(19)13-8-6-5-7-9-13/h5-9,14-15,21H,10-12H2,1-4H3/t14-,15+/m1/s1. The number of benzene rings is 1. The fraction of sp³-hybridized carbons (Fsp3) is 0.556. The number of esters is 2. The van der Waals surface area contributed by atoms with Crippen LogP contribution in [0, 0.1) is 5.92 Å². The minimum atomic E-state index is -2.35. The summed E-state index contributed by atoms with van der Waals surface area (Å²) in [6.07, 6.45) is 0.654. The van der Waals surface area contributed by atoms with Crippen LogP contribution in [-0.4, -0.2) is 37.8 Å². The second kappa shape index (κ2) is 7.07. The molecule has 2 rings (SSSR count). The Morgan fingerprint density at radius 2 is 1.96 bits per heavy atom. The third-order valence-corrected chi connectivity index (χ3v) is 8.71. The van der Waals surface area contributed by atoms with Gasteiger partial charge in [0.05, 0.1) is 11.5 Å². The van der Waals surface area contributed by atoms with Crippen molar-refractivity contribution in [2.75, 3.05) is 6.61 Å². The normalized spacial score (nSPS) is 21.5. The van der Waals surface area contributed by atoms with Gasteiger partial charge in [-0.05, 0) is 43.1 Å². The summed E-state index contributed by atoms with van der Waals surface area (Å²) in [4.78, 5) is 34.6. The average Bonchev–Trinajstić information content (AvgIpc) is 2.85. The molecule has 24 heavy (non-hydrogen) atoms. The van der Waals surface area contributed by atoms with Gasteiger partial charge >= 0.3 is 11.9 Å². The topological polar surface area (TPSA) is 72.8 Å². The summed E-state index contributed by atoms with van der Waals surface area (Å²) in [5.41, 5.74) is 0.458. The molecule has 1 heterocycles. The molecule has 6 heteroatoms. The van der Waals surface area contributed by atoms with Gasteiger partial charge in [-0.2, -0.15) is 0 Å². The van der Waals surface area contributed by atoms with Crippen LogP contribution in [0.25, 0.3) is 0 Å². The third kappa shape index (κ3) is 4.24. The number of carbonyl (C=O) groups is 2. The second-order valence-electron chi connectivity index (χ2n) is 7.53. The van der Waals surface area contributed by atoms with Crippen LogP contribution in [0.1, 0.15) is 37.0 Å². The molecule has 1 aliphatic heterocycles. The van der Waals surface area contributed by atoms with E-state index in [9.17, 15) is 14.4 Å². The van der Waals surface area contributed by atoms with E-state index in [-0.39, 0.29) is 17.6 Å². The first kappa shape index (κ1) is 18.7. The first-order chi connectivity index (χ1) is 11.1. The molecule has 2 atom stereocenters. The van der Waals surface area contributed by atoms with Gasteiger partial charge in [0, 0.05) is 0 Å². The van der Waals surface area contributed by atoms with Crippen molar-refractivity contribution in [3.05, 3.63) is 35.9 Å². The highest BCUT2D eigenvalue weighted by Gasteiger charge is 2.43. The molecule has 0 radical (unpaired) electrons. The van der Waals surface area contributed by atoms with Crippen LogP contribution in [0.2, 0.25) is 18.1 Å². The van der Waals surface area contributed by atoms with E-state index >= 15 is 0 Å². The highest BCUT2D eigenvalue weighted by molar-refractivity contribution is 6.72. The van der Waals surface area contributed by atoms with Crippen molar-refractivity contribution in [1.29, 1.82) is 0 Å². The lowest BCUT2D eigenvalue weighted by molar-refractivity contribution is -0.141. The largest absolute Gasteiger partial charge is 0.461 e. The van der Waals surface area contributed by atoms with Gasteiger partial charge in [0.1, 0.15) is 12.7 Å². The summed E-state index contributed by atoms with van der Waals surface area (Å²) >= 11 is 0. The van der Waals surface area contributed by atoms with E-state index in [4.69, 9.17) is 9.47 Å². The molecule has 1 aromatic carbocycles. The number of carbonyl (C=O) groups excluding carboxylic acids is 2. The lowest BCUT2D eigenvalue weighted by Gasteiger charge is -2.35. The Labute approximate surface area is 144 Å². The predicted octanol–water partition coefficient (Wildman–Crippen LogP) is 3.14. The first-order valence-corrected chi connectivity index (χ1v) is 11.2. The lowest BCUT2D eigenvalue weighted by atomic mass is 9.94. The maximum Gasteiger partial charge on any atom is 0.338 e. The minimum Gasteiger partial charge on any atom is -0.461 e. The minimum absolute atomic E-state index is 0.0997. The van der Waals surface area contributed by atoms with Gasteiger partial charge in [0.15, 0.2) is 8.32 Å². The number of rotatable bonds is 6. The first-order valence-electron chi connectivity index (χ1n) is 8.27. The van der Waals surface area contributed by atoms with Crippen LogP contribution in [0.3, 0.4) is 0 Å². The highest BCUT2D eigenvalue weighted by atomic mass is 28.4. The molecule has 0 unspecified atom stereocenters. The molecule has 0 saturated carbocycles. The molecule has 0 aromatic heterocycles. The van der Waals surface area contributed by atoms with E-state index in [1.165, 1.54) is 0 Å². The molecule has 1 saturated heterocycles.